The second kappa shape index (κ2) is 9.03. The Kier molecular flexibility index (Phi) is 5.77. The van der Waals surface area contributed by atoms with E-state index in [0.29, 0.717) is 38.9 Å². The topological polar surface area (TPSA) is 65.8 Å². The normalized spacial score (nSPS) is 13.9. The molecule has 0 bridgehead atoms. The van der Waals surface area contributed by atoms with Crippen LogP contribution in [0.3, 0.4) is 0 Å². The number of hydrogen-bond donors (Lipinski definition) is 1. The van der Waals surface area contributed by atoms with Gasteiger partial charge in [-0.15, -0.1) is 0 Å². The van der Waals surface area contributed by atoms with Gasteiger partial charge in [-0.2, -0.15) is 5.26 Å². The summed E-state index contributed by atoms with van der Waals surface area (Å²) >= 11 is 0. The molecule has 0 spiro atoms. The average molecular weight is 453 g/mol. The van der Waals surface area contributed by atoms with Crippen molar-refractivity contribution in [3.05, 3.63) is 101 Å². The standard InChI is InChI=1S/C28H21F2N3O/c29-20-7-3-5-18(15-20)26(17-11-12-17)33-28(34)25-22-9-1-2-10-24(22)32-27(23(25)13-14-31)19-6-4-8-21(30)16-19/h1-10,15-17,26H,11-13H2,(H,33,34). The van der Waals surface area contributed by atoms with Gasteiger partial charge in [-0.05, 0) is 54.7 Å². The van der Waals surface area contributed by atoms with Crippen molar-refractivity contribution in [2.45, 2.75) is 25.3 Å². The van der Waals surface area contributed by atoms with E-state index >= 15 is 0 Å². The second-order valence-electron chi connectivity index (χ2n) is 8.52. The quantitative estimate of drug-likeness (QED) is 0.382. The first kappa shape index (κ1) is 21.7. The maximum atomic E-state index is 14.0. The fraction of sp³-hybridized carbons (Fsp3) is 0.179. The van der Waals surface area contributed by atoms with Gasteiger partial charge in [-0.1, -0.05) is 42.5 Å². The van der Waals surface area contributed by atoms with Crippen molar-refractivity contribution in [1.82, 2.24) is 10.3 Å². The number of benzene rings is 3. The first-order chi connectivity index (χ1) is 16.5. The van der Waals surface area contributed by atoms with Gasteiger partial charge in [0.05, 0.1) is 35.3 Å². The zero-order valence-corrected chi connectivity index (χ0v) is 18.3. The number of carbonyl (C=O) groups is 1. The molecule has 168 valence electrons. The minimum Gasteiger partial charge on any atom is -0.345 e. The molecular formula is C28H21F2N3O. The number of rotatable bonds is 6. The van der Waals surface area contributed by atoms with Crippen LogP contribution < -0.4 is 5.32 Å². The van der Waals surface area contributed by atoms with E-state index < -0.39 is 5.82 Å². The Morgan fingerprint density at radius 1 is 1.03 bits per heavy atom. The molecule has 1 saturated carbocycles. The summed E-state index contributed by atoms with van der Waals surface area (Å²) in [5, 5.41) is 13.3. The smallest absolute Gasteiger partial charge is 0.252 e. The number of amides is 1. The van der Waals surface area contributed by atoms with Gasteiger partial charge in [0.1, 0.15) is 11.6 Å². The molecule has 1 aliphatic rings. The predicted octanol–water partition coefficient (Wildman–Crippen LogP) is 6.13. The summed E-state index contributed by atoms with van der Waals surface area (Å²) in [5.41, 5.74) is 2.96. The van der Waals surface area contributed by atoms with E-state index in [2.05, 4.69) is 11.4 Å². The molecule has 0 aliphatic heterocycles. The van der Waals surface area contributed by atoms with Crippen molar-refractivity contribution in [1.29, 1.82) is 5.26 Å². The fourth-order valence-corrected chi connectivity index (χ4v) is 4.45. The van der Waals surface area contributed by atoms with Crippen molar-refractivity contribution in [3.63, 3.8) is 0 Å². The molecule has 1 heterocycles. The van der Waals surface area contributed by atoms with Crippen LogP contribution in [0.25, 0.3) is 22.2 Å². The summed E-state index contributed by atoms with van der Waals surface area (Å²) in [4.78, 5) is 18.5. The summed E-state index contributed by atoms with van der Waals surface area (Å²) in [7, 11) is 0. The number of nitrogens with one attached hydrogen (secondary N) is 1. The number of halogens is 2. The molecule has 1 amide bonds. The molecular weight excluding hydrogens is 432 g/mol. The van der Waals surface area contributed by atoms with Crippen LogP contribution in [0.5, 0.6) is 0 Å². The molecule has 1 fully saturated rings. The molecule has 5 rings (SSSR count). The monoisotopic (exact) mass is 453 g/mol. The van der Waals surface area contributed by atoms with E-state index in [4.69, 9.17) is 4.98 Å². The molecule has 1 unspecified atom stereocenters. The number of fused-ring (bicyclic) bond motifs is 1. The van der Waals surface area contributed by atoms with Gasteiger partial charge in [0.25, 0.3) is 5.91 Å². The van der Waals surface area contributed by atoms with Gasteiger partial charge < -0.3 is 5.32 Å². The van der Waals surface area contributed by atoms with E-state index in [0.717, 1.165) is 12.8 Å². The van der Waals surface area contributed by atoms with E-state index in [-0.39, 0.29) is 30.1 Å². The summed E-state index contributed by atoms with van der Waals surface area (Å²) in [6.45, 7) is 0. The lowest BCUT2D eigenvalue weighted by Gasteiger charge is -2.21. The van der Waals surface area contributed by atoms with E-state index in [9.17, 15) is 18.8 Å². The fourth-order valence-electron chi connectivity index (χ4n) is 4.45. The van der Waals surface area contributed by atoms with Gasteiger partial charge in [-0.25, -0.2) is 13.8 Å². The number of hydrogen-bond acceptors (Lipinski definition) is 3. The highest BCUT2D eigenvalue weighted by Crippen LogP contribution is 2.41. The average Bonchev–Trinajstić information content (AvgIpc) is 3.67. The van der Waals surface area contributed by atoms with Crippen LogP contribution in [0.15, 0.2) is 72.8 Å². The van der Waals surface area contributed by atoms with Gasteiger partial charge in [0.2, 0.25) is 0 Å². The van der Waals surface area contributed by atoms with Crippen molar-refractivity contribution < 1.29 is 13.6 Å². The highest BCUT2D eigenvalue weighted by atomic mass is 19.1. The second-order valence-corrected chi connectivity index (χ2v) is 8.52. The third-order valence-corrected chi connectivity index (χ3v) is 6.16. The van der Waals surface area contributed by atoms with Gasteiger partial charge >= 0.3 is 0 Å². The minimum absolute atomic E-state index is 0.0690. The molecule has 1 aliphatic carbocycles. The predicted molar refractivity (Wildman–Crippen MR) is 126 cm³/mol. The lowest BCUT2D eigenvalue weighted by molar-refractivity contribution is 0.0932. The van der Waals surface area contributed by atoms with Crippen LogP contribution in [0, 0.1) is 28.9 Å². The van der Waals surface area contributed by atoms with Gasteiger partial charge in [-0.3, -0.25) is 4.79 Å². The number of pyridine rings is 1. The van der Waals surface area contributed by atoms with Gasteiger partial charge in [0.15, 0.2) is 0 Å². The number of carbonyl (C=O) groups excluding carboxylic acids is 1. The van der Waals surface area contributed by atoms with Crippen LogP contribution in [0.1, 0.15) is 40.4 Å². The highest BCUT2D eigenvalue weighted by molar-refractivity contribution is 6.09. The molecule has 1 aromatic heterocycles. The Balaban J connectivity index is 1.66. The number of aromatic nitrogens is 1. The maximum Gasteiger partial charge on any atom is 0.252 e. The molecule has 0 saturated heterocycles. The summed E-state index contributed by atoms with van der Waals surface area (Å²) < 4.78 is 28.0. The van der Waals surface area contributed by atoms with Crippen LogP contribution in [0.4, 0.5) is 8.78 Å². The number of para-hydroxylation sites is 1. The maximum absolute atomic E-state index is 14.0. The van der Waals surface area contributed by atoms with Crippen LogP contribution in [0.2, 0.25) is 0 Å². The molecule has 34 heavy (non-hydrogen) atoms. The van der Waals surface area contributed by atoms with Crippen LogP contribution >= 0.6 is 0 Å². The molecule has 0 radical (unpaired) electrons. The zero-order valence-electron chi connectivity index (χ0n) is 18.3. The first-order valence-electron chi connectivity index (χ1n) is 11.2. The first-order valence-corrected chi connectivity index (χ1v) is 11.2. The van der Waals surface area contributed by atoms with E-state index in [1.54, 1.807) is 30.3 Å². The molecule has 3 aromatic carbocycles. The highest BCUT2D eigenvalue weighted by Gasteiger charge is 2.34. The summed E-state index contributed by atoms with van der Waals surface area (Å²) in [6, 6.07) is 21.2. The van der Waals surface area contributed by atoms with Crippen molar-refractivity contribution >= 4 is 16.8 Å². The Hall–Kier alpha value is -4.11. The lowest BCUT2D eigenvalue weighted by atomic mass is 9.93. The van der Waals surface area contributed by atoms with Crippen molar-refractivity contribution in [2.75, 3.05) is 0 Å². The summed E-state index contributed by atoms with van der Waals surface area (Å²) in [5.74, 6) is -0.921. The van der Waals surface area contributed by atoms with Crippen molar-refractivity contribution in [3.8, 4) is 17.3 Å². The summed E-state index contributed by atoms with van der Waals surface area (Å²) in [6.07, 6.45) is 1.82. The third-order valence-electron chi connectivity index (χ3n) is 6.16. The zero-order chi connectivity index (χ0) is 23.7. The molecule has 4 aromatic rings. The Morgan fingerprint density at radius 2 is 1.76 bits per heavy atom. The number of nitrogens with zero attached hydrogens (tertiary/aromatic N) is 2. The SMILES string of the molecule is N#CCc1c(-c2cccc(F)c2)nc2ccccc2c1C(=O)NC(c1cccc(F)c1)C1CC1. The lowest BCUT2D eigenvalue weighted by Crippen LogP contribution is -2.31. The molecule has 1 atom stereocenters. The van der Waals surface area contributed by atoms with Crippen LogP contribution in [-0.4, -0.2) is 10.9 Å². The largest absolute Gasteiger partial charge is 0.345 e. The third kappa shape index (κ3) is 4.25. The molecule has 6 heteroatoms. The Labute approximate surface area is 195 Å². The number of nitriles is 1. The Bertz CT molecular complexity index is 1440. The van der Waals surface area contributed by atoms with Crippen LogP contribution in [-0.2, 0) is 6.42 Å². The van der Waals surface area contributed by atoms with Gasteiger partial charge in [0, 0.05) is 16.5 Å². The van der Waals surface area contributed by atoms with E-state index in [1.807, 2.05) is 18.2 Å². The molecule has 4 nitrogen and oxygen atoms in total. The van der Waals surface area contributed by atoms with E-state index in [1.165, 1.54) is 24.3 Å². The minimum atomic E-state index is -0.429. The van der Waals surface area contributed by atoms with Crippen molar-refractivity contribution in [2.24, 2.45) is 5.92 Å². The molecule has 1 N–H and O–H groups in total. The Morgan fingerprint density at radius 3 is 2.47 bits per heavy atom.